The van der Waals surface area contributed by atoms with Crippen LogP contribution in [-0.2, 0) is 20.8 Å². The van der Waals surface area contributed by atoms with E-state index in [0.29, 0.717) is 18.4 Å². The van der Waals surface area contributed by atoms with Crippen LogP contribution < -0.4 is 4.74 Å². The van der Waals surface area contributed by atoms with Gasteiger partial charge in [0.1, 0.15) is 11.4 Å². The van der Waals surface area contributed by atoms with Crippen LogP contribution in [0.2, 0.25) is 0 Å². The van der Waals surface area contributed by atoms with E-state index in [1.807, 2.05) is 46.0 Å². The number of carbonyl (C=O) groups excluding carboxylic acids is 2. The molecule has 1 fully saturated rings. The van der Waals surface area contributed by atoms with Crippen molar-refractivity contribution in [2.75, 3.05) is 20.8 Å². The SMILES string of the molecule is CCCC(CCCC(=O)OC)C1CC(CC)CCN1Cc1c(OC)cc(C)c2c1ccn2C(=O)OC(C)(C)C. The minimum atomic E-state index is -0.574. The third-order valence-corrected chi connectivity index (χ3v) is 8.23. The highest BCUT2D eigenvalue weighted by Crippen LogP contribution is 2.38. The van der Waals surface area contributed by atoms with Gasteiger partial charge in [-0.25, -0.2) is 4.79 Å². The van der Waals surface area contributed by atoms with E-state index in [-0.39, 0.29) is 12.1 Å². The fourth-order valence-corrected chi connectivity index (χ4v) is 6.27. The number of esters is 1. The molecule has 3 rings (SSSR count). The number of aryl methyl sites for hydroxylation is 1. The van der Waals surface area contributed by atoms with Gasteiger partial charge < -0.3 is 14.2 Å². The van der Waals surface area contributed by atoms with Crippen LogP contribution in [0.3, 0.4) is 0 Å². The molecule has 0 spiro atoms. The Bertz CT molecular complexity index is 1120. The van der Waals surface area contributed by atoms with Gasteiger partial charge >= 0.3 is 12.1 Å². The molecule has 1 aromatic heterocycles. The molecule has 0 saturated carbocycles. The van der Waals surface area contributed by atoms with Gasteiger partial charge in [-0.1, -0.05) is 26.7 Å². The van der Waals surface area contributed by atoms with Gasteiger partial charge in [-0.3, -0.25) is 14.3 Å². The lowest BCUT2D eigenvalue weighted by atomic mass is 9.79. The standard InChI is InChI=1S/C32H50N2O5/c1-9-12-24(13-11-14-29(35)38-8)27-20-23(10-2)15-17-33(27)21-26-25-16-18-34(31(36)39-32(4,5)6)30(25)22(3)19-28(26)37-7/h16,18-19,23-24,27H,9-15,17,20-21H2,1-8H3. The normalized spacial score (nSPS) is 19.2. The Morgan fingerprint density at radius 3 is 2.51 bits per heavy atom. The van der Waals surface area contributed by atoms with Gasteiger partial charge in [0.15, 0.2) is 0 Å². The molecule has 3 atom stereocenters. The predicted octanol–water partition coefficient (Wildman–Crippen LogP) is 7.49. The number of piperidine rings is 1. The Balaban J connectivity index is 1.97. The van der Waals surface area contributed by atoms with E-state index in [9.17, 15) is 9.59 Å². The van der Waals surface area contributed by atoms with Crippen LogP contribution >= 0.6 is 0 Å². The van der Waals surface area contributed by atoms with E-state index >= 15 is 0 Å². The van der Waals surface area contributed by atoms with Crippen molar-refractivity contribution in [3.05, 3.63) is 29.5 Å². The molecule has 0 amide bonds. The van der Waals surface area contributed by atoms with E-state index in [1.165, 1.54) is 26.4 Å². The van der Waals surface area contributed by atoms with Crippen LogP contribution in [0.5, 0.6) is 5.75 Å². The Kier molecular flexibility index (Phi) is 10.9. The first-order valence-electron chi connectivity index (χ1n) is 14.7. The number of carbonyl (C=O) groups is 2. The van der Waals surface area contributed by atoms with E-state index in [4.69, 9.17) is 14.2 Å². The lowest BCUT2D eigenvalue weighted by Crippen LogP contribution is -2.46. The van der Waals surface area contributed by atoms with Gasteiger partial charge in [-0.15, -0.1) is 0 Å². The quantitative estimate of drug-likeness (QED) is 0.274. The first kappa shape index (κ1) is 31.0. The smallest absolute Gasteiger partial charge is 0.419 e. The highest BCUT2D eigenvalue weighted by atomic mass is 16.6. The molecule has 0 N–H and O–H groups in total. The molecule has 7 heteroatoms. The Hall–Kier alpha value is -2.54. The largest absolute Gasteiger partial charge is 0.496 e. The van der Waals surface area contributed by atoms with Gasteiger partial charge in [-0.2, -0.15) is 0 Å². The minimum Gasteiger partial charge on any atom is -0.496 e. The minimum absolute atomic E-state index is 0.126. The maximum atomic E-state index is 13.1. The molecule has 1 aliphatic rings. The van der Waals surface area contributed by atoms with Crippen LogP contribution in [0.25, 0.3) is 10.9 Å². The first-order valence-corrected chi connectivity index (χ1v) is 14.7. The van der Waals surface area contributed by atoms with Crippen LogP contribution in [0.1, 0.15) is 97.1 Å². The summed E-state index contributed by atoms with van der Waals surface area (Å²) >= 11 is 0. The van der Waals surface area contributed by atoms with Crippen LogP contribution in [0, 0.1) is 18.8 Å². The molecular formula is C32H50N2O5. The number of benzene rings is 1. The average molecular weight is 543 g/mol. The third-order valence-electron chi connectivity index (χ3n) is 8.23. The molecule has 0 bridgehead atoms. The summed E-state index contributed by atoms with van der Waals surface area (Å²) in [4.78, 5) is 27.5. The highest BCUT2D eigenvalue weighted by Gasteiger charge is 2.34. The third kappa shape index (κ3) is 7.77. The molecule has 218 valence electrons. The Morgan fingerprint density at radius 2 is 1.90 bits per heavy atom. The summed E-state index contributed by atoms with van der Waals surface area (Å²) in [5.74, 6) is 1.97. The van der Waals surface area contributed by atoms with E-state index in [0.717, 1.165) is 72.5 Å². The van der Waals surface area contributed by atoms with E-state index in [2.05, 4.69) is 18.7 Å². The summed E-state index contributed by atoms with van der Waals surface area (Å²) in [5.41, 5.74) is 2.40. The highest BCUT2D eigenvalue weighted by molar-refractivity contribution is 5.95. The van der Waals surface area contributed by atoms with E-state index in [1.54, 1.807) is 11.7 Å². The zero-order valence-corrected chi connectivity index (χ0v) is 25.5. The van der Waals surface area contributed by atoms with Crippen LogP contribution in [-0.4, -0.2) is 53.9 Å². The summed E-state index contributed by atoms with van der Waals surface area (Å²) in [6.45, 7) is 14.0. The van der Waals surface area contributed by atoms with Crippen molar-refractivity contribution in [1.29, 1.82) is 0 Å². The Labute approximate surface area is 235 Å². The van der Waals surface area contributed by atoms with E-state index < -0.39 is 5.60 Å². The van der Waals surface area contributed by atoms with Crippen molar-refractivity contribution >= 4 is 23.0 Å². The topological polar surface area (TPSA) is 70.0 Å². The summed E-state index contributed by atoms with van der Waals surface area (Å²) in [6.07, 6.45) is 9.64. The molecule has 1 aliphatic heterocycles. The molecule has 2 heterocycles. The molecule has 2 aromatic rings. The second kappa shape index (κ2) is 13.7. The number of likely N-dealkylation sites (tertiary alicyclic amines) is 1. The molecular weight excluding hydrogens is 492 g/mol. The maximum absolute atomic E-state index is 13.1. The summed E-state index contributed by atoms with van der Waals surface area (Å²) in [5, 5.41) is 1.03. The second-order valence-corrected chi connectivity index (χ2v) is 12.2. The number of methoxy groups -OCH3 is 2. The van der Waals surface area contributed by atoms with Crippen molar-refractivity contribution in [3.8, 4) is 5.75 Å². The molecule has 0 aliphatic carbocycles. The number of ether oxygens (including phenoxy) is 3. The number of nitrogens with zero attached hydrogens (tertiary/aromatic N) is 2. The average Bonchev–Trinajstić information content (AvgIpc) is 3.35. The number of fused-ring (bicyclic) bond motifs is 1. The number of hydrogen-bond acceptors (Lipinski definition) is 6. The van der Waals surface area contributed by atoms with Gasteiger partial charge in [0.2, 0.25) is 0 Å². The second-order valence-electron chi connectivity index (χ2n) is 12.2. The molecule has 7 nitrogen and oxygen atoms in total. The fraction of sp³-hybridized carbons (Fsp3) is 0.688. The van der Waals surface area contributed by atoms with Crippen molar-refractivity contribution in [2.24, 2.45) is 11.8 Å². The van der Waals surface area contributed by atoms with Crippen molar-refractivity contribution in [2.45, 2.75) is 111 Å². The molecule has 1 saturated heterocycles. The molecule has 3 unspecified atom stereocenters. The van der Waals surface area contributed by atoms with Crippen LogP contribution in [0.15, 0.2) is 18.3 Å². The first-order chi connectivity index (χ1) is 18.5. The Morgan fingerprint density at radius 1 is 1.15 bits per heavy atom. The lowest BCUT2D eigenvalue weighted by molar-refractivity contribution is -0.140. The summed E-state index contributed by atoms with van der Waals surface area (Å²) in [7, 11) is 3.19. The zero-order valence-electron chi connectivity index (χ0n) is 25.5. The van der Waals surface area contributed by atoms with Gasteiger partial charge in [0.25, 0.3) is 0 Å². The van der Waals surface area contributed by atoms with Crippen LogP contribution in [0.4, 0.5) is 4.79 Å². The summed E-state index contributed by atoms with van der Waals surface area (Å²) < 4.78 is 18.1. The molecule has 39 heavy (non-hydrogen) atoms. The van der Waals surface area contributed by atoms with Crippen molar-refractivity contribution < 1.29 is 23.8 Å². The monoisotopic (exact) mass is 542 g/mol. The summed E-state index contributed by atoms with van der Waals surface area (Å²) in [6, 6.07) is 4.51. The zero-order chi connectivity index (χ0) is 28.7. The molecule has 0 radical (unpaired) electrons. The predicted molar refractivity (Wildman–Crippen MR) is 156 cm³/mol. The number of rotatable bonds is 11. The van der Waals surface area contributed by atoms with Gasteiger partial charge in [-0.05, 0) is 95.9 Å². The number of hydrogen-bond donors (Lipinski definition) is 0. The lowest BCUT2D eigenvalue weighted by Gasteiger charge is -2.44. The van der Waals surface area contributed by atoms with Crippen molar-refractivity contribution in [3.63, 3.8) is 0 Å². The fourth-order valence-electron chi connectivity index (χ4n) is 6.27. The maximum Gasteiger partial charge on any atom is 0.419 e. The molecule has 1 aromatic carbocycles. The van der Waals surface area contributed by atoms with Gasteiger partial charge in [0, 0.05) is 36.2 Å². The van der Waals surface area contributed by atoms with Crippen molar-refractivity contribution in [1.82, 2.24) is 9.47 Å². The number of aromatic nitrogens is 1. The van der Waals surface area contributed by atoms with Gasteiger partial charge in [0.05, 0.1) is 19.7 Å².